The number of aromatic nitrogens is 5. The highest BCUT2D eigenvalue weighted by Gasteiger charge is 2.37. The Bertz CT molecular complexity index is 1280. The van der Waals surface area contributed by atoms with Gasteiger partial charge in [-0.2, -0.15) is 23.1 Å². The van der Waals surface area contributed by atoms with Crippen LogP contribution in [0.4, 0.5) is 27.8 Å². The smallest absolute Gasteiger partial charge is 0.408 e. The van der Waals surface area contributed by atoms with Crippen molar-refractivity contribution in [2.45, 2.75) is 39.0 Å². The molecule has 0 fully saturated rings. The zero-order chi connectivity index (χ0) is 23.2. The lowest BCUT2D eigenvalue weighted by Gasteiger charge is -2.19. The number of aromatic amines is 1. The van der Waals surface area contributed by atoms with E-state index in [0.29, 0.717) is 33.4 Å². The van der Waals surface area contributed by atoms with Gasteiger partial charge in [0.05, 0.1) is 30.1 Å². The maximum absolute atomic E-state index is 13.2. The first-order valence-corrected chi connectivity index (χ1v) is 9.60. The summed E-state index contributed by atoms with van der Waals surface area (Å²) in [7, 11) is 1.31. The lowest BCUT2D eigenvalue weighted by atomic mass is 10.0. The minimum atomic E-state index is -4.50. The molecule has 170 valence electrons. The molecule has 32 heavy (non-hydrogen) atoms. The van der Waals surface area contributed by atoms with Crippen LogP contribution in [-0.2, 0) is 6.54 Å². The van der Waals surface area contributed by atoms with Crippen LogP contribution in [-0.4, -0.2) is 50.3 Å². The van der Waals surface area contributed by atoms with Crippen molar-refractivity contribution in [2.24, 2.45) is 0 Å². The molecule has 2 N–H and O–H groups in total. The van der Waals surface area contributed by atoms with Crippen molar-refractivity contribution in [3.05, 3.63) is 30.2 Å². The molecule has 0 aliphatic rings. The number of alkyl halides is 5. The number of methoxy groups -OCH3 is 1. The topological polar surface area (TPSA) is 80.6 Å². The molecule has 0 bridgehead atoms. The van der Waals surface area contributed by atoms with Gasteiger partial charge in [-0.25, -0.2) is 13.8 Å². The average Bonchev–Trinajstić information content (AvgIpc) is 3.28. The Morgan fingerprint density at radius 3 is 2.59 bits per heavy atom. The Balaban J connectivity index is 1.88. The lowest BCUT2D eigenvalue weighted by molar-refractivity contribution is -0.138. The summed E-state index contributed by atoms with van der Waals surface area (Å²) >= 11 is 0. The van der Waals surface area contributed by atoms with E-state index in [1.54, 1.807) is 31.3 Å². The molecule has 3 heterocycles. The summed E-state index contributed by atoms with van der Waals surface area (Å²) in [6.07, 6.45) is -5.49. The molecule has 4 aromatic rings. The van der Waals surface area contributed by atoms with Crippen molar-refractivity contribution in [1.82, 2.24) is 24.5 Å². The van der Waals surface area contributed by atoms with Gasteiger partial charge in [-0.15, -0.1) is 0 Å². The second-order valence-electron chi connectivity index (χ2n) is 7.26. The molecule has 0 spiro atoms. The molecule has 0 saturated heterocycles. The fraction of sp³-hybridized carbons (Fsp3) is 0.350. The van der Waals surface area contributed by atoms with Crippen LogP contribution < -0.4 is 10.1 Å². The van der Waals surface area contributed by atoms with E-state index in [0.717, 1.165) is 6.92 Å². The fourth-order valence-corrected chi connectivity index (χ4v) is 3.50. The van der Waals surface area contributed by atoms with Gasteiger partial charge in [-0.05, 0) is 31.5 Å². The number of rotatable bonds is 6. The fourth-order valence-electron chi connectivity index (χ4n) is 3.50. The Hall–Kier alpha value is -3.44. The van der Waals surface area contributed by atoms with Crippen molar-refractivity contribution in [3.8, 4) is 17.1 Å². The summed E-state index contributed by atoms with van der Waals surface area (Å²) in [5, 5.41) is 2.70. The summed E-state index contributed by atoms with van der Waals surface area (Å²) in [5.74, 6) is 0.371. The van der Waals surface area contributed by atoms with Gasteiger partial charge < -0.3 is 19.6 Å². The Labute approximate surface area is 178 Å². The maximum atomic E-state index is 13.2. The number of hydrogen-bond donors (Lipinski definition) is 2. The van der Waals surface area contributed by atoms with Gasteiger partial charge in [0.15, 0.2) is 0 Å². The number of benzene rings is 1. The first-order valence-electron chi connectivity index (χ1n) is 9.60. The normalized spacial score (nSPS) is 13.3. The quantitative estimate of drug-likeness (QED) is 0.405. The molecule has 12 heteroatoms. The van der Waals surface area contributed by atoms with E-state index >= 15 is 0 Å². The van der Waals surface area contributed by atoms with Gasteiger partial charge in [-0.3, -0.25) is 0 Å². The number of H-pyrrole nitrogens is 1. The van der Waals surface area contributed by atoms with Crippen LogP contribution in [0.5, 0.6) is 6.01 Å². The Morgan fingerprint density at radius 2 is 1.94 bits per heavy atom. The lowest BCUT2D eigenvalue weighted by Crippen LogP contribution is -2.33. The minimum absolute atomic E-state index is 0.0645. The Kier molecular flexibility index (Phi) is 5.39. The number of hydrogen-bond acceptors (Lipinski definition) is 5. The van der Waals surface area contributed by atoms with Gasteiger partial charge in [0, 0.05) is 11.8 Å². The van der Waals surface area contributed by atoms with Crippen LogP contribution in [0.25, 0.3) is 33.2 Å². The van der Waals surface area contributed by atoms with E-state index in [2.05, 4.69) is 25.3 Å². The maximum Gasteiger partial charge on any atom is 0.408 e. The summed E-state index contributed by atoms with van der Waals surface area (Å²) in [6.45, 7) is 2.09. The van der Waals surface area contributed by atoms with E-state index in [9.17, 15) is 22.0 Å². The van der Waals surface area contributed by atoms with Crippen LogP contribution in [0.15, 0.2) is 24.4 Å². The van der Waals surface area contributed by atoms with Crippen LogP contribution in [0, 0.1) is 6.92 Å². The number of aryl methyl sites for hydroxylation is 1. The Morgan fingerprint density at radius 1 is 1.19 bits per heavy atom. The first kappa shape index (κ1) is 21.8. The summed E-state index contributed by atoms with van der Waals surface area (Å²) < 4.78 is 72.0. The average molecular weight is 454 g/mol. The third-order valence-electron chi connectivity index (χ3n) is 5.11. The number of ether oxygens (including phenoxy) is 1. The molecule has 7 nitrogen and oxygen atoms in total. The van der Waals surface area contributed by atoms with E-state index in [-0.39, 0.29) is 17.5 Å². The molecule has 4 rings (SSSR count). The third-order valence-corrected chi connectivity index (χ3v) is 5.11. The van der Waals surface area contributed by atoms with Crippen LogP contribution in [0.2, 0.25) is 0 Å². The number of nitrogens with zero attached hydrogens (tertiary/aromatic N) is 4. The van der Waals surface area contributed by atoms with Crippen molar-refractivity contribution < 1.29 is 26.7 Å². The zero-order valence-corrected chi connectivity index (χ0v) is 17.3. The predicted molar refractivity (Wildman–Crippen MR) is 109 cm³/mol. The number of imidazole rings is 1. The molecular weight excluding hydrogens is 435 g/mol. The number of halogens is 5. The SMILES string of the molecule is COc1nc(N[C@H](C)C(F)(F)F)c2c(-c3ccc4nc(C)n(CC(F)F)c4c3)c[nH]c2n1. The van der Waals surface area contributed by atoms with Crippen molar-refractivity contribution in [1.29, 1.82) is 0 Å². The number of anilines is 1. The zero-order valence-electron chi connectivity index (χ0n) is 17.3. The molecule has 3 aromatic heterocycles. The molecule has 0 radical (unpaired) electrons. The third kappa shape index (κ3) is 3.92. The number of fused-ring (bicyclic) bond motifs is 2. The van der Waals surface area contributed by atoms with Gasteiger partial charge in [0.1, 0.15) is 23.3 Å². The standard InChI is InChI=1S/C20H19F5N6O/c1-9(20(23,24)25)27-18-16-12(7-26-17(16)29-19(30-18)32-3)11-4-5-13-14(6-11)31(8-15(21)22)10(2)28-13/h4-7,9,15H,8H2,1-3H3,(H2,26,27,29,30)/t9-/m1/s1. The molecule has 0 unspecified atom stereocenters. The van der Waals surface area contributed by atoms with E-state index in [1.807, 2.05) is 0 Å². The molecule has 0 amide bonds. The van der Waals surface area contributed by atoms with E-state index in [4.69, 9.17) is 4.74 Å². The predicted octanol–water partition coefficient (Wildman–Crippen LogP) is 4.92. The summed E-state index contributed by atoms with van der Waals surface area (Å²) in [6, 6.07) is 3.07. The summed E-state index contributed by atoms with van der Waals surface area (Å²) in [4.78, 5) is 15.5. The monoisotopic (exact) mass is 454 g/mol. The minimum Gasteiger partial charge on any atom is -0.467 e. The molecular formula is C20H19F5N6O. The van der Waals surface area contributed by atoms with Gasteiger partial charge >= 0.3 is 12.2 Å². The molecule has 1 aromatic carbocycles. The number of nitrogens with one attached hydrogen (secondary N) is 2. The highest BCUT2D eigenvalue weighted by Crippen LogP contribution is 2.36. The van der Waals surface area contributed by atoms with Gasteiger partial charge in [0.2, 0.25) is 0 Å². The molecule has 0 saturated carbocycles. The molecule has 0 aliphatic heterocycles. The van der Waals surface area contributed by atoms with E-state index < -0.39 is 25.2 Å². The first-order chi connectivity index (χ1) is 15.1. The van der Waals surface area contributed by atoms with E-state index in [1.165, 1.54) is 11.7 Å². The highest BCUT2D eigenvalue weighted by atomic mass is 19.4. The van der Waals surface area contributed by atoms with Crippen molar-refractivity contribution in [3.63, 3.8) is 0 Å². The second kappa shape index (κ2) is 7.92. The summed E-state index contributed by atoms with van der Waals surface area (Å²) in [5.41, 5.74) is 2.37. The highest BCUT2D eigenvalue weighted by molar-refractivity contribution is 6.02. The second-order valence-corrected chi connectivity index (χ2v) is 7.26. The molecule has 1 atom stereocenters. The molecule has 0 aliphatic carbocycles. The van der Waals surface area contributed by atoms with Gasteiger partial charge in [-0.1, -0.05) is 6.07 Å². The van der Waals surface area contributed by atoms with Gasteiger partial charge in [0.25, 0.3) is 6.43 Å². The van der Waals surface area contributed by atoms with Crippen LogP contribution in [0.3, 0.4) is 0 Å². The van der Waals surface area contributed by atoms with Crippen LogP contribution in [0.1, 0.15) is 12.7 Å². The van der Waals surface area contributed by atoms with Crippen molar-refractivity contribution in [2.75, 3.05) is 12.4 Å². The largest absolute Gasteiger partial charge is 0.467 e. The van der Waals surface area contributed by atoms with Crippen LogP contribution >= 0.6 is 0 Å². The van der Waals surface area contributed by atoms with Crippen molar-refractivity contribution >= 4 is 27.9 Å².